The third-order valence-electron chi connectivity index (χ3n) is 3.54. The average Bonchev–Trinajstić information content (AvgIpc) is 2.58. The van der Waals surface area contributed by atoms with Crippen LogP contribution < -0.4 is 10.6 Å². The Hall–Kier alpha value is -1.02. The van der Waals surface area contributed by atoms with Crippen molar-refractivity contribution in [3.63, 3.8) is 0 Å². The lowest BCUT2D eigenvalue weighted by atomic mass is 9.96. The van der Waals surface area contributed by atoms with Gasteiger partial charge in [0.25, 0.3) is 0 Å². The molecule has 1 atom stereocenters. The molecule has 2 rings (SSSR count). The van der Waals surface area contributed by atoms with Crippen molar-refractivity contribution in [3.05, 3.63) is 29.3 Å². The molecule has 2 heteroatoms. The third-order valence-corrected chi connectivity index (χ3v) is 3.54. The Bertz CT molecular complexity index is 385. The smallest absolute Gasteiger partial charge is 0.0397 e. The summed E-state index contributed by atoms with van der Waals surface area (Å²) < 4.78 is 0. The Morgan fingerprint density at radius 1 is 1.35 bits per heavy atom. The molecule has 0 bridgehead atoms. The second kappa shape index (κ2) is 5.09. The summed E-state index contributed by atoms with van der Waals surface area (Å²) in [5, 5.41) is 0. The zero-order valence-electron chi connectivity index (χ0n) is 11.2. The summed E-state index contributed by atoms with van der Waals surface area (Å²) in [6, 6.07) is 7.13. The molecular formula is C15H24N2. The molecule has 94 valence electrons. The van der Waals surface area contributed by atoms with Crippen LogP contribution in [0.4, 0.5) is 5.69 Å². The highest BCUT2D eigenvalue weighted by Crippen LogP contribution is 2.27. The van der Waals surface area contributed by atoms with Crippen molar-refractivity contribution in [2.45, 2.75) is 39.2 Å². The number of nitrogens with zero attached hydrogens (tertiary/aromatic N) is 1. The molecule has 1 aromatic rings. The van der Waals surface area contributed by atoms with E-state index in [2.05, 4.69) is 44.0 Å². The number of hydrogen-bond acceptors (Lipinski definition) is 2. The summed E-state index contributed by atoms with van der Waals surface area (Å²) in [6.07, 6.45) is 3.30. The van der Waals surface area contributed by atoms with Gasteiger partial charge in [-0.3, -0.25) is 0 Å². The molecule has 1 aliphatic rings. The number of nitrogens with two attached hydrogens (primary N) is 1. The Kier molecular flexibility index (Phi) is 3.72. The fraction of sp³-hybridized carbons (Fsp3) is 0.600. The van der Waals surface area contributed by atoms with E-state index in [0.717, 1.165) is 19.4 Å². The van der Waals surface area contributed by atoms with Crippen LogP contribution in [0.25, 0.3) is 0 Å². The minimum absolute atomic E-state index is 0.298. The number of benzene rings is 1. The van der Waals surface area contributed by atoms with E-state index in [0.29, 0.717) is 12.0 Å². The van der Waals surface area contributed by atoms with Gasteiger partial charge in [0, 0.05) is 25.3 Å². The first-order valence-corrected chi connectivity index (χ1v) is 6.64. The van der Waals surface area contributed by atoms with Crippen molar-refractivity contribution in [1.29, 1.82) is 0 Å². The lowest BCUT2D eigenvalue weighted by Crippen LogP contribution is -2.24. The van der Waals surface area contributed by atoms with Gasteiger partial charge in [-0.05, 0) is 42.4 Å². The van der Waals surface area contributed by atoms with Gasteiger partial charge in [0.15, 0.2) is 0 Å². The molecular weight excluding hydrogens is 208 g/mol. The number of fused-ring (bicyclic) bond motifs is 1. The quantitative estimate of drug-likeness (QED) is 0.864. The van der Waals surface area contributed by atoms with Crippen LogP contribution in [0.2, 0.25) is 0 Å². The molecule has 0 fully saturated rings. The fourth-order valence-corrected chi connectivity index (χ4v) is 2.74. The number of hydrogen-bond donors (Lipinski definition) is 1. The minimum Gasteiger partial charge on any atom is -0.374 e. The van der Waals surface area contributed by atoms with E-state index in [-0.39, 0.29) is 0 Å². The second-order valence-corrected chi connectivity index (χ2v) is 5.73. The molecule has 1 aliphatic heterocycles. The van der Waals surface area contributed by atoms with E-state index < -0.39 is 0 Å². The highest BCUT2D eigenvalue weighted by molar-refractivity contribution is 5.58. The largest absolute Gasteiger partial charge is 0.374 e. The maximum absolute atomic E-state index is 6.17. The molecule has 0 saturated heterocycles. The van der Waals surface area contributed by atoms with Gasteiger partial charge in [0.05, 0.1) is 0 Å². The first-order valence-electron chi connectivity index (χ1n) is 6.64. The van der Waals surface area contributed by atoms with Crippen molar-refractivity contribution in [1.82, 2.24) is 0 Å². The van der Waals surface area contributed by atoms with E-state index in [1.54, 1.807) is 0 Å². The number of anilines is 1. The Labute approximate surface area is 105 Å². The summed E-state index contributed by atoms with van der Waals surface area (Å²) in [4.78, 5) is 2.33. The predicted octanol–water partition coefficient (Wildman–Crippen LogP) is 2.59. The van der Waals surface area contributed by atoms with Gasteiger partial charge in [-0.1, -0.05) is 26.0 Å². The zero-order chi connectivity index (χ0) is 12.4. The Balaban J connectivity index is 2.03. The third kappa shape index (κ3) is 3.01. The summed E-state index contributed by atoms with van der Waals surface area (Å²) in [6.45, 7) is 5.62. The van der Waals surface area contributed by atoms with Crippen molar-refractivity contribution < 1.29 is 0 Å². The SMILES string of the molecule is CC(C)CC(N)Cc1ccc2c(c1)CCN2C. The monoisotopic (exact) mass is 232 g/mol. The van der Waals surface area contributed by atoms with Crippen LogP contribution in [-0.4, -0.2) is 19.6 Å². The molecule has 0 saturated carbocycles. The standard InChI is InChI=1S/C15H24N2/c1-11(2)8-14(16)10-12-4-5-15-13(9-12)6-7-17(15)3/h4-5,9,11,14H,6-8,10,16H2,1-3H3. The molecule has 1 aromatic carbocycles. The normalized spacial score (nSPS) is 16.4. The molecule has 2 nitrogen and oxygen atoms in total. The van der Waals surface area contributed by atoms with E-state index in [4.69, 9.17) is 5.73 Å². The van der Waals surface area contributed by atoms with Crippen molar-refractivity contribution in [2.75, 3.05) is 18.5 Å². The zero-order valence-corrected chi connectivity index (χ0v) is 11.2. The van der Waals surface area contributed by atoms with Gasteiger partial charge >= 0.3 is 0 Å². The molecule has 0 radical (unpaired) electrons. The van der Waals surface area contributed by atoms with Crippen molar-refractivity contribution in [3.8, 4) is 0 Å². The van der Waals surface area contributed by atoms with Gasteiger partial charge in [0.1, 0.15) is 0 Å². The predicted molar refractivity (Wildman–Crippen MR) is 74.6 cm³/mol. The maximum atomic E-state index is 6.17. The summed E-state index contributed by atoms with van der Waals surface area (Å²) in [5.41, 5.74) is 10.4. The topological polar surface area (TPSA) is 29.3 Å². The molecule has 2 N–H and O–H groups in total. The lowest BCUT2D eigenvalue weighted by Gasteiger charge is -2.16. The highest BCUT2D eigenvalue weighted by Gasteiger charge is 2.16. The highest BCUT2D eigenvalue weighted by atomic mass is 15.1. The average molecular weight is 232 g/mol. The minimum atomic E-state index is 0.298. The van der Waals surface area contributed by atoms with Crippen LogP contribution >= 0.6 is 0 Å². The molecule has 1 heterocycles. The van der Waals surface area contributed by atoms with Crippen LogP contribution in [-0.2, 0) is 12.8 Å². The Morgan fingerprint density at radius 3 is 2.82 bits per heavy atom. The summed E-state index contributed by atoms with van der Waals surface area (Å²) in [7, 11) is 2.16. The lowest BCUT2D eigenvalue weighted by molar-refractivity contribution is 0.493. The van der Waals surface area contributed by atoms with Gasteiger partial charge < -0.3 is 10.6 Å². The van der Waals surface area contributed by atoms with Crippen LogP contribution in [0.5, 0.6) is 0 Å². The molecule has 0 spiro atoms. The fourth-order valence-electron chi connectivity index (χ4n) is 2.74. The van der Waals surface area contributed by atoms with Crippen LogP contribution in [0.1, 0.15) is 31.4 Å². The first-order chi connectivity index (χ1) is 8.06. The van der Waals surface area contributed by atoms with E-state index in [9.17, 15) is 0 Å². The van der Waals surface area contributed by atoms with E-state index >= 15 is 0 Å². The van der Waals surface area contributed by atoms with Gasteiger partial charge in [-0.25, -0.2) is 0 Å². The summed E-state index contributed by atoms with van der Waals surface area (Å²) >= 11 is 0. The van der Waals surface area contributed by atoms with Crippen LogP contribution in [0.3, 0.4) is 0 Å². The van der Waals surface area contributed by atoms with Crippen molar-refractivity contribution in [2.24, 2.45) is 11.7 Å². The van der Waals surface area contributed by atoms with Gasteiger partial charge in [-0.15, -0.1) is 0 Å². The molecule has 0 aromatic heterocycles. The van der Waals surface area contributed by atoms with Crippen LogP contribution in [0.15, 0.2) is 18.2 Å². The second-order valence-electron chi connectivity index (χ2n) is 5.73. The number of rotatable bonds is 4. The van der Waals surface area contributed by atoms with E-state index in [1.165, 1.54) is 23.2 Å². The van der Waals surface area contributed by atoms with Gasteiger partial charge in [-0.2, -0.15) is 0 Å². The van der Waals surface area contributed by atoms with E-state index in [1.807, 2.05) is 0 Å². The summed E-state index contributed by atoms with van der Waals surface area (Å²) in [5.74, 6) is 0.686. The molecule has 0 amide bonds. The molecule has 17 heavy (non-hydrogen) atoms. The van der Waals surface area contributed by atoms with Crippen molar-refractivity contribution >= 4 is 5.69 Å². The molecule has 0 aliphatic carbocycles. The Morgan fingerprint density at radius 2 is 2.12 bits per heavy atom. The number of likely N-dealkylation sites (N-methyl/N-ethyl adjacent to an activating group) is 1. The maximum Gasteiger partial charge on any atom is 0.0397 e. The molecule has 1 unspecified atom stereocenters. The van der Waals surface area contributed by atoms with Gasteiger partial charge in [0.2, 0.25) is 0 Å². The first kappa shape index (κ1) is 12.4. The van der Waals surface area contributed by atoms with Crippen LogP contribution in [0, 0.1) is 5.92 Å².